The predicted octanol–water partition coefficient (Wildman–Crippen LogP) is 19.3. The summed E-state index contributed by atoms with van der Waals surface area (Å²) in [6.45, 7) is 6.31. The van der Waals surface area contributed by atoms with Crippen molar-refractivity contribution >= 4 is 17.9 Å². The molecule has 0 saturated heterocycles. The molecule has 0 bridgehead atoms. The zero-order chi connectivity index (χ0) is 50.7. The third kappa shape index (κ3) is 54.7. The minimum Gasteiger partial charge on any atom is -0.462 e. The summed E-state index contributed by atoms with van der Waals surface area (Å²) in [7, 11) is 0. The Morgan fingerprint density at radius 2 is 0.586 bits per heavy atom. The molecule has 0 heterocycles. The zero-order valence-corrected chi connectivity index (χ0v) is 45.2. The van der Waals surface area contributed by atoms with E-state index in [4.69, 9.17) is 14.2 Å². The summed E-state index contributed by atoms with van der Waals surface area (Å²) < 4.78 is 16.7. The lowest BCUT2D eigenvalue weighted by Crippen LogP contribution is -2.30. The Hall–Kier alpha value is -4.19. The van der Waals surface area contributed by atoms with Crippen LogP contribution < -0.4 is 0 Å². The molecule has 1 atom stereocenters. The molecule has 396 valence electrons. The van der Waals surface area contributed by atoms with Crippen LogP contribution in [0.25, 0.3) is 0 Å². The molecule has 70 heavy (non-hydrogen) atoms. The fourth-order valence-corrected chi connectivity index (χ4v) is 7.52. The van der Waals surface area contributed by atoms with Gasteiger partial charge in [-0.3, -0.25) is 14.4 Å². The Morgan fingerprint density at radius 3 is 0.929 bits per heavy atom. The molecule has 1 unspecified atom stereocenters. The van der Waals surface area contributed by atoms with E-state index >= 15 is 0 Å². The van der Waals surface area contributed by atoms with E-state index in [1.54, 1.807) is 0 Å². The fourth-order valence-electron chi connectivity index (χ4n) is 7.52. The van der Waals surface area contributed by atoms with Gasteiger partial charge in [0, 0.05) is 19.3 Å². The molecule has 0 spiro atoms. The van der Waals surface area contributed by atoms with Crippen LogP contribution in [0.1, 0.15) is 245 Å². The molecule has 0 fully saturated rings. The Bertz CT molecular complexity index is 1490. The van der Waals surface area contributed by atoms with Crippen molar-refractivity contribution in [2.24, 2.45) is 0 Å². The number of carbonyl (C=O) groups excluding carboxylic acids is 3. The summed E-state index contributed by atoms with van der Waals surface area (Å²) in [4.78, 5) is 38.0. The maximum Gasteiger partial charge on any atom is 0.306 e. The number of allylic oxidation sites excluding steroid dienone is 20. The van der Waals surface area contributed by atoms with Gasteiger partial charge in [-0.2, -0.15) is 0 Å². The SMILES string of the molecule is CC/C=C\C/C=C\C/C=C\C/C=C\C/C=C\C/C=C\CCC(=O)OC(COC(=O)CCCCCCCCCC)COC(=O)CCCCCCCCCCCCCC/C=C\C/C=C\C/C=C\C/C=C\CC. The van der Waals surface area contributed by atoms with E-state index in [0.29, 0.717) is 19.3 Å². The molecule has 0 aliphatic carbocycles. The molecule has 6 heteroatoms. The molecule has 0 saturated carbocycles. The lowest BCUT2D eigenvalue weighted by molar-refractivity contribution is -0.166. The molecule has 0 amide bonds. The first kappa shape index (κ1) is 65.8. The molecule has 0 rings (SSSR count). The molecule has 0 N–H and O–H groups in total. The second-order valence-electron chi connectivity index (χ2n) is 18.4. The van der Waals surface area contributed by atoms with Crippen molar-refractivity contribution in [3.05, 3.63) is 122 Å². The Morgan fingerprint density at radius 1 is 0.300 bits per heavy atom. The summed E-state index contributed by atoms with van der Waals surface area (Å²) in [5.74, 6) is -1.00. The number of unbranched alkanes of at least 4 members (excludes halogenated alkanes) is 19. The summed E-state index contributed by atoms with van der Waals surface area (Å²) in [5.41, 5.74) is 0. The fraction of sp³-hybridized carbons (Fsp3) is 0.641. The Labute approximate surface area is 431 Å². The number of carbonyl (C=O) groups is 3. The molecule has 0 aromatic carbocycles. The lowest BCUT2D eigenvalue weighted by Gasteiger charge is -2.18. The van der Waals surface area contributed by atoms with E-state index in [-0.39, 0.29) is 31.6 Å². The minimum atomic E-state index is -0.819. The first-order chi connectivity index (χ1) is 34.5. The first-order valence-electron chi connectivity index (χ1n) is 28.5. The van der Waals surface area contributed by atoms with Crippen LogP contribution in [0, 0.1) is 0 Å². The van der Waals surface area contributed by atoms with Crippen LogP contribution in [-0.2, 0) is 28.6 Å². The van der Waals surface area contributed by atoms with Gasteiger partial charge in [-0.1, -0.05) is 251 Å². The van der Waals surface area contributed by atoms with Crippen LogP contribution >= 0.6 is 0 Å². The molecule has 0 radical (unpaired) electrons. The number of ether oxygens (including phenoxy) is 3. The summed E-state index contributed by atoms with van der Waals surface area (Å²) in [5, 5.41) is 0. The maximum absolute atomic E-state index is 12.8. The second-order valence-corrected chi connectivity index (χ2v) is 18.4. The highest BCUT2D eigenvalue weighted by molar-refractivity contribution is 5.71. The van der Waals surface area contributed by atoms with Crippen LogP contribution in [0.3, 0.4) is 0 Å². The molecule has 0 aromatic heterocycles. The van der Waals surface area contributed by atoms with Gasteiger partial charge in [-0.15, -0.1) is 0 Å². The van der Waals surface area contributed by atoms with Crippen LogP contribution in [0.15, 0.2) is 122 Å². The number of hydrogen-bond acceptors (Lipinski definition) is 6. The van der Waals surface area contributed by atoms with Gasteiger partial charge in [0.1, 0.15) is 13.2 Å². The van der Waals surface area contributed by atoms with Gasteiger partial charge < -0.3 is 14.2 Å². The predicted molar refractivity (Wildman–Crippen MR) is 302 cm³/mol. The summed E-state index contributed by atoms with van der Waals surface area (Å²) >= 11 is 0. The van der Waals surface area contributed by atoms with E-state index in [1.165, 1.54) is 96.3 Å². The van der Waals surface area contributed by atoms with Gasteiger partial charge in [-0.05, 0) is 96.3 Å². The second kappa shape index (κ2) is 57.4. The van der Waals surface area contributed by atoms with Gasteiger partial charge in [0.2, 0.25) is 0 Å². The first-order valence-corrected chi connectivity index (χ1v) is 28.5. The summed E-state index contributed by atoms with van der Waals surface area (Å²) in [6, 6.07) is 0. The zero-order valence-electron chi connectivity index (χ0n) is 45.2. The van der Waals surface area contributed by atoms with Crippen molar-refractivity contribution in [3.8, 4) is 0 Å². The average Bonchev–Trinajstić information content (AvgIpc) is 3.36. The maximum atomic E-state index is 12.8. The van der Waals surface area contributed by atoms with E-state index in [2.05, 4.69) is 130 Å². The van der Waals surface area contributed by atoms with Crippen molar-refractivity contribution in [1.29, 1.82) is 0 Å². The highest BCUT2D eigenvalue weighted by Gasteiger charge is 2.19. The van der Waals surface area contributed by atoms with Gasteiger partial charge in [0.15, 0.2) is 6.10 Å². The van der Waals surface area contributed by atoms with Crippen molar-refractivity contribution in [2.75, 3.05) is 13.2 Å². The lowest BCUT2D eigenvalue weighted by atomic mass is 10.0. The van der Waals surface area contributed by atoms with E-state index in [1.807, 2.05) is 12.2 Å². The molecule has 0 aliphatic heterocycles. The third-order valence-electron chi connectivity index (χ3n) is 11.7. The van der Waals surface area contributed by atoms with E-state index in [9.17, 15) is 14.4 Å². The van der Waals surface area contributed by atoms with Crippen LogP contribution in [-0.4, -0.2) is 37.2 Å². The van der Waals surface area contributed by atoms with E-state index in [0.717, 1.165) is 103 Å². The van der Waals surface area contributed by atoms with Crippen LogP contribution in [0.2, 0.25) is 0 Å². The van der Waals surface area contributed by atoms with Crippen LogP contribution in [0.5, 0.6) is 0 Å². The molecular weight excluding hydrogens is 865 g/mol. The smallest absolute Gasteiger partial charge is 0.306 e. The molecule has 6 nitrogen and oxygen atoms in total. The molecule has 0 aliphatic rings. The number of rotatable bonds is 50. The molecule has 0 aromatic rings. The topological polar surface area (TPSA) is 78.9 Å². The van der Waals surface area contributed by atoms with Crippen molar-refractivity contribution in [1.82, 2.24) is 0 Å². The van der Waals surface area contributed by atoms with Crippen LogP contribution in [0.4, 0.5) is 0 Å². The van der Waals surface area contributed by atoms with Gasteiger partial charge in [0.05, 0.1) is 0 Å². The Kier molecular flexibility index (Phi) is 54.0. The summed E-state index contributed by atoms with van der Waals surface area (Å²) in [6.07, 6.45) is 79.3. The van der Waals surface area contributed by atoms with Crippen molar-refractivity contribution in [3.63, 3.8) is 0 Å². The average molecular weight is 970 g/mol. The number of hydrogen-bond donors (Lipinski definition) is 0. The normalized spacial score (nSPS) is 13.0. The number of esters is 3. The van der Waals surface area contributed by atoms with Crippen molar-refractivity contribution < 1.29 is 28.6 Å². The highest BCUT2D eigenvalue weighted by Crippen LogP contribution is 2.15. The molecular formula is C64H104O6. The van der Waals surface area contributed by atoms with Gasteiger partial charge in [0.25, 0.3) is 0 Å². The van der Waals surface area contributed by atoms with Gasteiger partial charge >= 0.3 is 17.9 Å². The monoisotopic (exact) mass is 969 g/mol. The minimum absolute atomic E-state index is 0.110. The largest absolute Gasteiger partial charge is 0.462 e. The van der Waals surface area contributed by atoms with Crippen molar-refractivity contribution in [2.45, 2.75) is 252 Å². The quantitative estimate of drug-likeness (QED) is 0.0262. The van der Waals surface area contributed by atoms with Gasteiger partial charge in [-0.25, -0.2) is 0 Å². The third-order valence-corrected chi connectivity index (χ3v) is 11.7. The highest BCUT2D eigenvalue weighted by atomic mass is 16.6. The Balaban J connectivity index is 4.32. The standard InChI is InChI=1S/C64H104O6/c1-4-7-10-13-16-19-21-23-25-27-29-30-31-32-33-34-36-37-39-41-43-45-48-51-54-57-63(66)69-60-61(59-68-62(65)56-53-50-47-18-15-12-9-6-3)70-64(67)58-55-52-49-46-44-42-40-38-35-28-26-24-22-20-17-14-11-8-5-2/h7-8,10-11,16-17,19-20,23-26,29-30,35,38,42,44,49,52,61H,4-6,9,12-15,18,21-22,27-28,31-34,36-37,39-41,43,45-48,50-51,53-60H2,1-3H3/b10-7-,11-8-,19-16-,20-17-,25-23-,26-24-,30-29-,38-35-,44-42-,52-49-. The van der Waals surface area contributed by atoms with E-state index < -0.39 is 12.1 Å².